The van der Waals surface area contributed by atoms with Gasteiger partial charge in [0.2, 0.25) is 0 Å². The van der Waals surface area contributed by atoms with Gasteiger partial charge in [0, 0.05) is 6.07 Å². The van der Waals surface area contributed by atoms with E-state index in [0.717, 1.165) is 28.7 Å². The Bertz CT molecular complexity index is 1220. The number of aryl methyl sites for hydroxylation is 1. The molecule has 0 spiro atoms. The van der Waals surface area contributed by atoms with E-state index in [1.54, 1.807) is 25.1 Å². The number of ether oxygens (including phenoxy) is 1. The van der Waals surface area contributed by atoms with Crippen LogP contribution in [-0.2, 0) is 9.59 Å². The van der Waals surface area contributed by atoms with Crippen molar-refractivity contribution in [2.45, 2.75) is 13.0 Å². The first kappa shape index (κ1) is 20.3. The van der Waals surface area contributed by atoms with Crippen LogP contribution in [0.1, 0.15) is 22.9 Å². The van der Waals surface area contributed by atoms with Gasteiger partial charge in [0.25, 0.3) is 11.7 Å². The van der Waals surface area contributed by atoms with Gasteiger partial charge in [0.1, 0.15) is 34.9 Å². The third-order valence-corrected chi connectivity index (χ3v) is 5.03. The third kappa shape index (κ3) is 3.35. The number of ketones is 1. The van der Waals surface area contributed by atoms with Crippen LogP contribution < -0.4 is 9.64 Å². The summed E-state index contributed by atoms with van der Waals surface area (Å²) in [6.07, 6.45) is 1.31. The molecule has 0 saturated carbocycles. The normalized spacial score (nSPS) is 17.9. The Labute approximate surface area is 176 Å². The Kier molecular flexibility index (Phi) is 5.06. The van der Waals surface area contributed by atoms with Gasteiger partial charge in [-0.15, -0.1) is 0 Å². The number of amides is 1. The van der Waals surface area contributed by atoms with Crippen LogP contribution in [0.3, 0.4) is 0 Å². The summed E-state index contributed by atoms with van der Waals surface area (Å²) in [6.45, 7) is 1.78. The molecule has 8 heteroatoms. The topological polar surface area (TPSA) is 80.0 Å². The molecule has 1 aromatic heterocycles. The summed E-state index contributed by atoms with van der Waals surface area (Å²) in [7, 11) is 1.40. The maximum atomic E-state index is 14.6. The van der Waals surface area contributed by atoms with Gasteiger partial charge >= 0.3 is 0 Å². The molecule has 1 aliphatic heterocycles. The van der Waals surface area contributed by atoms with Gasteiger partial charge in [-0.3, -0.25) is 14.5 Å². The molecule has 2 heterocycles. The number of hydrogen-bond donors (Lipinski definition) is 1. The molecule has 6 nitrogen and oxygen atoms in total. The summed E-state index contributed by atoms with van der Waals surface area (Å²) in [5.41, 5.74) is 0.172. The Morgan fingerprint density at radius 1 is 1.13 bits per heavy atom. The van der Waals surface area contributed by atoms with Crippen molar-refractivity contribution in [3.05, 3.63) is 88.9 Å². The van der Waals surface area contributed by atoms with E-state index in [-0.39, 0.29) is 22.6 Å². The number of nitrogens with zero attached hydrogens (tertiary/aromatic N) is 1. The lowest BCUT2D eigenvalue weighted by atomic mass is 9.97. The van der Waals surface area contributed by atoms with E-state index in [1.165, 1.54) is 25.5 Å². The molecule has 158 valence electrons. The number of carbonyl (C=O) groups excluding carboxylic acids is 2. The van der Waals surface area contributed by atoms with Crippen LogP contribution in [0.2, 0.25) is 0 Å². The van der Waals surface area contributed by atoms with Crippen molar-refractivity contribution in [2.24, 2.45) is 0 Å². The number of hydrogen-bond acceptors (Lipinski definition) is 5. The van der Waals surface area contributed by atoms with Crippen molar-refractivity contribution < 1.29 is 32.6 Å². The molecule has 0 bridgehead atoms. The second kappa shape index (κ2) is 7.71. The predicted molar refractivity (Wildman–Crippen MR) is 108 cm³/mol. The highest BCUT2D eigenvalue weighted by Crippen LogP contribution is 2.44. The SMILES string of the molecule is COc1ccc(C)cc1/C(O)=C1/C(=O)C(=O)N(c2cc(F)ccc2F)C1c1ccco1. The Morgan fingerprint density at radius 3 is 2.58 bits per heavy atom. The van der Waals surface area contributed by atoms with Gasteiger partial charge in [-0.25, -0.2) is 8.78 Å². The highest BCUT2D eigenvalue weighted by atomic mass is 19.1. The van der Waals surface area contributed by atoms with E-state index in [1.807, 2.05) is 0 Å². The first-order chi connectivity index (χ1) is 14.8. The van der Waals surface area contributed by atoms with E-state index in [0.29, 0.717) is 0 Å². The lowest BCUT2D eigenvalue weighted by Crippen LogP contribution is -2.30. The number of aliphatic hydroxyl groups is 1. The molecular weight excluding hydrogens is 408 g/mol. The minimum Gasteiger partial charge on any atom is -0.507 e. The van der Waals surface area contributed by atoms with Gasteiger partial charge < -0.3 is 14.3 Å². The molecule has 1 saturated heterocycles. The molecule has 1 atom stereocenters. The van der Waals surface area contributed by atoms with Crippen molar-refractivity contribution in [2.75, 3.05) is 12.0 Å². The number of furan rings is 1. The fourth-order valence-corrected chi connectivity index (χ4v) is 3.62. The van der Waals surface area contributed by atoms with E-state index in [9.17, 15) is 23.5 Å². The Morgan fingerprint density at radius 2 is 1.90 bits per heavy atom. The van der Waals surface area contributed by atoms with Crippen LogP contribution >= 0.6 is 0 Å². The second-order valence-corrected chi connectivity index (χ2v) is 6.98. The van der Waals surface area contributed by atoms with Crippen LogP contribution in [0.15, 0.2) is 64.8 Å². The van der Waals surface area contributed by atoms with Crippen LogP contribution in [-0.4, -0.2) is 23.9 Å². The molecule has 3 aromatic rings. The molecule has 1 amide bonds. The second-order valence-electron chi connectivity index (χ2n) is 6.98. The number of Topliss-reactive ketones (excluding diaryl/α,β-unsaturated/α-hetero) is 1. The standard InChI is InChI=1S/C23H17F2NO5/c1-12-5-8-17(30-2)14(10-12)21(27)19-20(18-4-3-9-31-18)26(23(29)22(19)28)16-11-13(24)6-7-15(16)25/h3-11,20,27H,1-2H3/b21-19-. The average Bonchev–Trinajstić information content (AvgIpc) is 3.36. The molecule has 0 aliphatic carbocycles. The number of aliphatic hydroxyl groups excluding tert-OH is 1. The minimum atomic E-state index is -1.31. The van der Waals surface area contributed by atoms with Crippen LogP contribution in [0, 0.1) is 18.6 Å². The summed E-state index contributed by atoms with van der Waals surface area (Å²) in [5, 5.41) is 11.1. The van der Waals surface area contributed by atoms with Crippen molar-refractivity contribution in [1.82, 2.24) is 0 Å². The van der Waals surface area contributed by atoms with E-state index >= 15 is 0 Å². The average molecular weight is 425 g/mol. The van der Waals surface area contributed by atoms with Gasteiger partial charge in [0.15, 0.2) is 0 Å². The van der Waals surface area contributed by atoms with E-state index < -0.39 is 40.8 Å². The predicted octanol–water partition coefficient (Wildman–Crippen LogP) is 4.50. The van der Waals surface area contributed by atoms with Gasteiger partial charge in [-0.05, 0) is 43.3 Å². The number of halogens is 2. The van der Waals surface area contributed by atoms with Gasteiger partial charge in [-0.2, -0.15) is 0 Å². The van der Waals surface area contributed by atoms with Crippen molar-refractivity contribution >= 4 is 23.1 Å². The molecule has 1 aliphatic rings. The van der Waals surface area contributed by atoms with Crippen LogP contribution in [0.5, 0.6) is 5.75 Å². The zero-order valence-corrected chi connectivity index (χ0v) is 16.6. The quantitative estimate of drug-likeness (QED) is 0.378. The fraction of sp³-hybridized carbons (Fsp3) is 0.130. The number of benzene rings is 2. The van der Waals surface area contributed by atoms with Crippen molar-refractivity contribution in [1.29, 1.82) is 0 Å². The smallest absolute Gasteiger partial charge is 0.300 e. The monoisotopic (exact) mass is 425 g/mol. The zero-order chi connectivity index (χ0) is 22.3. The van der Waals surface area contributed by atoms with E-state index in [2.05, 4.69) is 0 Å². The summed E-state index contributed by atoms with van der Waals surface area (Å²) in [4.78, 5) is 26.7. The lowest BCUT2D eigenvalue weighted by molar-refractivity contribution is -0.132. The minimum absolute atomic E-state index is 0.0935. The molecule has 4 rings (SSSR count). The van der Waals surface area contributed by atoms with E-state index in [4.69, 9.17) is 9.15 Å². The van der Waals surface area contributed by atoms with Gasteiger partial charge in [-0.1, -0.05) is 11.6 Å². The molecule has 2 aromatic carbocycles. The summed E-state index contributed by atoms with van der Waals surface area (Å²) in [5.74, 6) is -4.05. The van der Waals surface area contributed by atoms with Crippen molar-refractivity contribution in [3.63, 3.8) is 0 Å². The molecule has 1 fully saturated rings. The largest absolute Gasteiger partial charge is 0.507 e. The summed E-state index contributed by atoms with van der Waals surface area (Å²) >= 11 is 0. The summed E-state index contributed by atoms with van der Waals surface area (Å²) < 4.78 is 39.1. The van der Waals surface area contributed by atoms with Gasteiger partial charge in [0.05, 0.1) is 30.2 Å². The maximum absolute atomic E-state index is 14.6. The number of anilines is 1. The maximum Gasteiger partial charge on any atom is 0.300 e. The summed E-state index contributed by atoms with van der Waals surface area (Å²) in [6, 6.07) is 9.19. The molecule has 1 N–H and O–H groups in total. The molecule has 1 unspecified atom stereocenters. The molecule has 31 heavy (non-hydrogen) atoms. The number of carbonyl (C=O) groups is 2. The Hall–Kier alpha value is -3.94. The van der Waals surface area contributed by atoms with Crippen LogP contribution in [0.4, 0.5) is 14.5 Å². The first-order valence-electron chi connectivity index (χ1n) is 9.28. The van der Waals surface area contributed by atoms with Crippen LogP contribution in [0.25, 0.3) is 5.76 Å². The Balaban J connectivity index is 1.99. The molecular formula is C23H17F2NO5. The fourth-order valence-electron chi connectivity index (χ4n) is 3.62. The first-order valence-corrected chi connectivity index (χ1v) is 9.28. The number of methoxy groups -OCH3 is 1. The lowest BCUT2D eigenvalue weighted by Gasteiger charge is -2.24. The zero-order valence-electron chi connectivity index (χ0n) is 16.6. The highest BCUT2D eigenvalue weighted by Gasteiger charge is 2.49. The molecule has 0 radical (unpaired) electrons. The highest BCUT2D eigenvalue weighted by molar-refractivity contribution is 6.51. The number of rotatable bonds is 4. The van der Waals surface area contributed by atoms with Crippen molar-refractivity contribution in [3.8, 4) is 5.75 Å². The third-order valence-electron chi connectivity index (χ3n) is 5.03.